The first kappa shape index (κ1) is 17.7. The van der Waals surface area contributed by atoms with Crippen LogP contribution in [0, 0.1) is 0 Å². The molecule has 2 N–H and O–H groups in total. The number of alkyl carbamates (subject to hydrolysis) is 1. The van der Waals surface area contributed by atoms with Crippen molar-refractivity contribution >= 4 is 17.0 Å². The summed E-state index contributed by atoms with van der Waals surface area (Å²) in [5.74, 6) is 0. The highest BCUT2D eigenvalue weighted by molar-refractivity contribution is 5.78. The summed E-state index contributed by atoms with van der Waals surface area (Å²) in [6.07, 6.45) is -0.528. The van der Waals surface area contributed by atoms with Crippen molar-refractivity contribution in [2.24, 2.45) is 0 Å². The minimum Gasteiger partial charge on any atom is -0.445 e. The smallest absolute Gasteiger partial charge is 0.409 e. The molecule has 0 fully saturated rings. The van der Waals surface area contributed by atoms with E-state index in [9.17, 15) is 9.59 Å². The van der Waals surface area contributed by atoms with Gasteiger partial charge in [-0.1, -0.05) is 19.9 Å². The SMILES string of the molecule is CC.CCOCNC(=O)OCc1ccc2[nH]c(=O)ccc2c1. The van der Waals surface area contributed by atoms with Gasteiger partial charge < -0.3 is 14.5 Å². The Morgan fingerprint density at radius 1 is 1.23 bits per heavy atom. The molecule has 0 aliphatic rings. The van der Waals surface area contributed by atoms with Gasteiger partial charge in [0.1, 0.15) is 13.3 Å². The van der Waals surface area contributed by atoms with Crippen LogP contribution >= 0.6 is 0 Å². The number of benzene rings is 1. The molecule has 6 nitrogen and oxygen atoms in total. The second kappa shape index (κ2) is 9.57. The lowest BCUT2D eigenvalue weighted by molar-refractivity contribution is 0.0988. The maximum absolute atomic E-state index is 11.3. The lowest BCUT2D eigenvalue weighted by Gasteiger charge is -2.07. The highest BCUT2D eigenvalue weighted by atomic mass is 16.6. The molecular formula is C16H22N2O4. The monoisotopic (exact) mass is 306 g/mol. The average molecular weight is 306 g/mol. The lowest BCUT2D eigenvalue weighted by atomic mass is 10.1. The van der Waals surface area contributed by atoms with Crippen molar-refractivity contribution in [3.05, 3.63) is 46.2 Å². The van der Waals surface area contributed by atoms with Gasteiger partial charge in [0.2, 0.25) is 5.56 Å². The van der Waals surface area contributed by atoms with Crippen molar-refractivity contribution < 1.29 is 14.3 Å². The van der Waals surface area contributed by atoms with E-state index in [0.717, 1.165) is 16.5 Å². The number of aromatic amines is 1. The van der Waals surface area contributed by atoms with Crippen LogP contribution in [0.1, 0.15) is 26.3 Å². The van der Waals surface area contributed by atoms with E-state index in [1.807, 2.05) is 26.8 Å². The number of H-pyrrole nitrogens is 1. The van der Waals surface area contributed by atoms with Gasteiger partial charge in [0.25, 0.3) is 0 Å². The molecule has 22 heavy (non-hydrogen) atoms. The average Bonchev–Trinajstić information content (AvgIpc) is 2.55. The Labute approximate surface area is 129 Å². The van der Waals surface area contributed by atoms with Crippen LogP contribution in [0.25, 0.3) is 10.9 Å². The second-order valence-corrected chi connectivity index (χ2v) is 4.13. The number of ether oxygens (including phenoxy) is 2. The molecule has 1 aromatic carbocycles. The lowest BCUT2D eigenvalue weighted by Crippen LogP contribution is -2.26. The topological polar surface area (TPSA) is 80.4 Å². The second-order valence-electron chi connectivity index (χ2n) is 4.13. The minimum absolute atomic E-state index is 0.133. The van der Waals surface area contributed by atoms with Crippen molar-refractivity contribution in [1.29, 1.82) is 0 Å². The predicted molar refractivity (Wildman–Crippen MR) is 85.7 cm³/mol. The molecule has 1 aromatic heterocycles. The summed E-state index contributed by atoms with van der Waals surface area (Å²) < 4.78 is 10.0. The Balaban J connectivity index is 0.00000116. The van der Waals surface area contributed by atoms with Gasteiger partial charge in [-0.15, -0.1) is 0 Å². The van der Waals surface area contributed by atoms with Crippen LogP contribution in [0.5, 0.6) is 0 Å². The van der Waals surface area contributed by atoms with Gasteiger partial charge in [-0.2, -0.15) is 0 Å². The number of hydrogen-bond acceptors (Lipinski definition) is 4. The Morgan fingerprint density at radius 3 is 2.73 bits per heavy atom. The number of carbonyl (C=O) groups excluding carboxylic acids is 1. The summed E-state index contributed by atoms with van der Waals surface area (Å²) in [5.41, 5.74) is 1.45. The zero-order chi connectivity index (χ0) is 16.4. The predicted octanol–water partition coefficient (Wildman–Crippen LogP) is 2.77. The van der Waals surface area contributed by atoms with E-state index < -0.39 is 6.09 Å². The van der Waals surface area contributed by atoms with E-state index in [0.29, 0.717) is 6.61 Å². The molecule has 0 saturated carbocycles. The van der Waals surface area contributed by atoms with Crippen LogP contribution in [0.2, 0.25) is 0 Å². The normalized spacial score (nSPS) is 9.77. The minimum atomic E-state index is -0.528. The zero-order valence-corrected chi connectivity index (χ0v) is 13.1. The van der Waals surface area contributed by atoms with Crippen LogP contribution in [-0.2, 0) is 16.1 Å². The summed E-state index contributed by atoms with van der Waals surface area (Å²) in [7, 11) is 0. The van der Waals surface area contributed by atoms with E-state index in [-0.39, 0.29) is 18.9 Å². The molecule has 0 atom stereocenters. The number of aromatic nitrogens is 1. The van der Waals surface area contributed by atoms with Gasteiger partial charge in [-0.25, -0.2) is 4.79 Å². The molecule has 0 spiro atoms. The van der Waals surface area contributed by atoms with E-state index in [1.165, 1.54) is 6.07 Å². The van der Waals surface area contributed by atoms with Gasteiger partial charge in [0, 0.05) is 18.2 Å². The Bertz CT molecular complexity index is 652. The third kappa shape index (κ3) is 5.57. The summed E-state index contributed by atoms with van der Waals surface area (Å²) in [4.78, 5) is 25.2. The number of amides is 1. The molecular weight excluding hydrogens is 284 g/mol. The molecule has 0 aliphatic heterocycles. The quantitative estimate of drug-likeness (QED) is 0.657. The number of fused-ring (bicyclic) bond motifs is 1. The Kier molecular flexibility index (Phi) is 7.70. The maximum atomic E-state index is 11.3. The third-order valence-electron chi connectivity index (χ3n) is 2.68. The number of hydrogen-bond donors (Lipinski definition) is 2. The van der Waals surface area contributed by atoms with Crippen LogP contribution in [0.15, 0.2) is 35.1 Å². The Morgan fingerprint density at radius 2 is 2.00 bits per heavy atom. The summed E-state index contributed by atoms with van der Waals surface area (Å²) in [5, 5.41) is 3.36. The van der Waals surface area contributed by atoms with Gasteiger partial charge in [-0.3, -0.25) is 10.1 Å². The molecule has 6 heteroatoms. The van der Waals surface area contributed by atoms with Crippen LogP contribution in [0.4, 0.5) is 4.79 Å². The van der Waals surface area contributed by atoms with Crippen molar-refractivity contribution in [2.45, 2.75) is 27.4 Å². The summed E-state index contributed by atoms with van der Waals surface area (Å²) >= 11 is 0. The molecule has 0 bridgehead atoms. The summed E-state index contributed by atoms with van der Waals surface area (Å²) in [6.45, 7) is 6.66. The van der Waals surface area contributed by atoms with Crippen LogP contribution in [0.3, 0.4) is 0 Å². The third-order valence-corrected chi connectivity index (χ3v) is 2.68. The molecule has 120 valence electrons. The molecule has 1 heterocycles. The fourth-order valence-electron chi connectivity index (χ4n) is 1.71. The highest BCUT2D eigenvalue weighted by Crippen LogP contribution is 2.12. The molecule has 2 aromatic rings. The number of nitrogens with one attached hydrogen (secondary N) is 2. The molecule has 0 radical (unpaired) electrons. The largest absolute Gasteiger partial charge is 0.445 e. The number of rotatable bonds is 5. The standard InChI is InChI=1S/C14H16N2O4.C2H6/c1-2-19-9-15-14(18)20-8-10-3-5-12-11(7-10)4-6-13(17)16-12;1-2/h3-7H,2,8-9H2,1H3,(H,15,18)(H,16,17);1-2H3. The first-order valence-electron chi connectivity index (χ1n) is 7.29. The molecule has 0 aliphatic carbocycles. The zero-order valence-electron chi connectivity index (χ0n) is 13.1. The van der Waals surface area contributed by atoms with Crippen LogP contribution in [-0.4, -0.2) is 24.4 Å². The van der Waals surface area contributed by atoms with Crippen molar-refractivity contribution in [3.8, 4) is 0 Å². The van der Waals surface area contributed by atoms with E-state index in [2.05, 4.69) is 10.3 Å². The van der Waals surface area contributed by atoms with Gasteiger partial charge in [0.05, 0.1) is 0 Å². The molecule has 2 rings (SSSR count). The van der Waals surface area contributed by atoms with Gasteiger partial charge in [-0.05, 0) is 36.1 Å². The summed E-state index contributed by atoms with van der Waals surface area (Å²) in [6, 6.07) is 8.64. The van der Waals surface area contributed by atoms with Crippen molar-refractivity contribution in [3.63, 3.8) is 0 Å². The van der Waals surface area contributed by atoms with Crippen LogP contribution < -0.4 is 10.9 Å². The number of carbonyl (C=O) groups is 1. The first-order valence-corrected chi connectivity index (χ1v) is 7.29. The Hall–Kier alpha value is -2.34. The molecule has 1 amide bonds. The van der Waals surface area contributed by atoms with Crippen molar-refractivity contribution in [2.75, 3.05) is 13.3 Å². The molecule has 0 unspecified atom stereocenters. The van der Waals surface area contributed by atoms with E-state index >= 15 is 0 Å². The fourth-order valence-corrected chi connectivity index (χ4v) is 1.71. The van der Waals surface area contributed by atoms with Gasteiger partial charge >= 0.3 is 6.09 Å². The molecule has 0 saturated heterocycles. The van der Waals surface area contributed by atoms with E-state index in [1.54, 1.807) is 18.2 Å². The van der Waals surface area contributed by atoms with E-state index in [4.69, 9.17) is 9.47 Å². The first-order chi connectivity index (χ1) is 10.7. The fraction of sp³-hybridized carbons (Fsp3) is 0.375. The highest BCUT2D eigenvalue weighted by Gasteiger charge is 2.03. The van der Waals surface area contributed by atoms with Gasteiger partial charge in [0.15, 0.2) is 0 Å². The van der Waals surface area contributed by atoms with Crippen molar-refractivity contribution in [1.82, 2.24) is 10.3 Å². The maximum Gasteiger partial charge on any atom is 0.409 e. The number of pyridine rings is 1.